The van der Waals surface area contributed by atoms with Gasteiger partial charge in [0.15, 0.2) is 11.5 Å². The fourth-order valence-electron chi connectivity index (χ4n) is 1.71. The molecule has 16 heavy (non-hydrogen) atoms. The lowest BCUT2D eigenvalue weighted by atomic mass is 10.0. The van der Waals surface area contributed by atoms with E-state index in [1.165, 1.54) is 7.11 Å². The number of phenols is 1. The van der Waals surface area contributed by atoms with E-state index in [1.54, 1.807) is 6.07 Å². The Morgan fingerprint density at radius 2 is 2.12 bits per heavy atom. The van der Waals surface area contributed by atoms with E-state index in [0.29, 0.717) is 11.7 Å². The Morgan fingerprint density at radius 3 is 2.62 bits per heavy atom. The fraction of sp³-hybridized carbons (Fsp3) is 0.455. The Morgan fingerprint density at radius 1 is 1.50 bits per heavy atom. The van der Waals surface area contributed by atoms with Gasteiger partial charge in [0.05, 0.1) is 7.11 Å². The molecule has 0 radical (unpaired) electrons. The van der Waals surface area contributed by atoms with Crippen LogP contribution in [0.3, 0.4) is 0 Å². The van der Waals surface area contributed by atoms with Gasteiger partial charge in [-0.25, -0.2) is 0 Å². The van der Waals surface area contributed by atoms with Crippen molar-refractivity contribution in [3.63, 3.8) is 0 Å². The summed E-state index contributed by atoms with van der Waals surface area (Å²) in [4.78, 5) is 0. The second kappa shape index (κ2) is 5.25. The highest BCUT2D eigenvalue weighted by Crippen LogP contribution is 2.45. The van der Waals surface area contributed by atoms with Gasteiger partial charge in [-0.15, -0.1) is 12.4 Å². The van der Waals surface area contributed by atoms with Crippen LogP contribution in [-0.2, 0) is 0 Å². The van der Waals surface area contributed by atoms with Crippen LogP contribution in [0.25, 0.3) is 0 Å². The molecule has 1 aromatic carbocycles. The Bertz CT molecular complexity index is 382. The average molecular weight is 309 g/mol. The van der Waals surface area contributed by atoms with Crippen LogP contribution in [0.1, 0.15) is 24.4 Å². The molecule has 3 nitrogen and oxygen atoms in total. The number of halogens is 2. The van der Waals surface area contributed by atoms with Gasteiger partial charge in [0.25, 0.3) is 0 Å². The third kappa shape index (κ3) is 2.62. The van der Waals surface area contributed by atoms with Gasteiger partial charge >= 0.3 is 0 Å². The molecule has 5 heteroatoms. The molecule has 0 spiro atoms. The van der Waals surface area contributed by atoms with Crippen LogP contribution < -0.4 is 10.5 Å². The molecule has 3 N–H and O–H groups in total. The molecule has 2 rings (SSSR count). The first-order valence-electron chi connectivity index (χ1n) is 4.95. The molecular formula is C11H15BrClNO2. The zero-order chi connectivity index (χ0) is 11.0. The van der Waals surface area contributed by atoms with E-state index in [4.69, 9.17) is 10.5 Å². The van der Waals surface area contributed by atoms with Gasteiger partial charge < -0.3 is 15.6 Å². The molecule has 0 aromatic heterocycles. The first-order chi connectivity index (χ1) is 7.13. The predicted molar refractivity (Wildman–Crippen MR) is 69.3 cm³/mol. The Kier molecular flexibility index (Phi) is 4.47. The number of methoxy groups -OCH3 is 1. The summed E-state index contributed by atoms with van der Waals surface area (Å²) in [5.74, 6) is 1.14. The summed E-state index contributed by atoms with van der Waals surface area (Å²) >= 11 is 3.38. The van der Waals surface area contributed by atoms with Crippen molar-refractivity contribution in [3.8, 4) is 11.5 Å². The van der Waals surface area contributed by atoms with E-state index >= 15 is 0 Å². The third-order valence-corrected chi connectivity index (χ3v) is 3.24. The highest BCUT2D eigenvalue weighted by Gasteiger charge is 2.31. The summed E-state index contributed by atoms with van der Waals surface area (Å²) in [5, 5.41) is 9.93. The minimum Gasteiger partial charge on any atom is -0.504 e. The minimum atomic E-state index is -0.0867. The normalized spacial score (nSPS) is 16.4. The maximum atomic E-state index is 9.93. The summed E-state index contributed by atoms with van der Waals surface area (Å²) in [5.41, 5.74) is 6.82. The zero-order valence-electron chi connectivity index (χ0n) is 8.94. The Hall–Kier alpha value is -0.450. The highest BCUT2D eigenvalue weighted by molar-refractivity contribution is 9.10. The van der Waals surface area contributed by atoms with Crippen LogP contribution in [0, 0.1) is 5.92 Å². The Balaban J connectivity index is 0.00000128. The second-order valence-corrected chi connectivity index (χ2v) is 4.82. The summed E-state index contributed by atoms with van der Waals surface area (Å²) < 4.78 is 5.96. The van der Waals surface area contributed by atoms with Crippen molar-refractivity contribution in [2.75, 3.05) is 7.11 Å². The lowest BCUT2D eigenvalue weighted by Gasteiger charge is -2.15. The predicted octanol–water partition coefficient (Wildman–Crippen LogP) is 2.99. The molecule has 1 fully saturated rings. The number of phenolic OH excluding ortho intramolecular Hbond substituents is 1. The van der Waals surface area contributed by atoms with Gasteiger partial charge in [-0.3, -0.25) is 0 Å². The quantitative estimate of drug-likeness (QED) is 0.902. The number of nitrogens with two attached hydrogens (primary N) is 1. The Labute approximate surface area is 110 Å². The van der Waals surface area contributed by atoms with Crippen LogP contribution in [0.5, 0.6) is 11.5 Å². The van der Waals surface area contributed by atoms with Crippen LogP contribution in [0.2, 0.25) is 0 Å². The molecule has 1 atom stereocenters. The largest absolute Gasteiger partial charge is 0.504 e. The molecule has 0 amide bonds. The number of hydrogen-bond acceptors (Lipinski definition) is 3. The van der Waals surface area contributed by atoms with Crippen LogP contribution >= 0.6 is 28.3 Å². The SMILES string of the molecule is COc1cc(Br)cc([C@@H](N)C2CC2)c1O.Cl. The molecule has 0 bridgehead atoms. The van der Waals surface area contributed by atoms with E-state index < -0.39 is 0 Å². The number of benzene rings is 1. The van der Waals surface area contributed by atoms with Gasteiger partial charge in [0.1, 0.15) is 0 Å². The van der Waals surface area contributed by atoms with Gasteiger partial charge in [-0.1, -0.05) is 15.9 Å². The van der Waals surface area contributed by atoms with Gasteiger partial charge in [0, 0.05) is 16.1 Å². The monoisotopic (exact) mass is 307 g/mol. The maximum absolute atomic E-state index is 9.93. The van der Waals surface area contributed by atoms with Crippen molar-refractivity contribution in [2.24, 2.45) is 11.7 Å². The van der Waals surface area contributed by atoms with E-state index in [2.05, 4.69) is 15.9 Å². The van der Waals surface area contributed by atoms with E-state index in [1.807, 2.05) is 6.07 Å². The molecule has 0 heterocycles. The van der Waals surface area contributed by atoms with E-state index in [-0.39, 0.29) is 24.2 Å². The average Bonchev–Trinajstić information content (AvgIpc) is 3.03. The van der Waals surface area contributed by atoms with Gasteiger partial charge in [-0.2, -0.15) is 0 Å². The first-order valence-corrected chi connectivity index (χ1v) is 5.74. The smallest absolute Gasteiger partial charge is 0.162 e. The molecule has 1 aliphatic carbocycles. The molecule has 0 unspecified atom stereocenters. The summed E-state index contributed by atoms with van der Waals surface area (Å²) in [6.07, 6.45) is 2.30. The van der Waals surface area contributed by atoms with Crippen molar-refractivity contribution in [1.29, 1.82) is 0 Å². The second-order valence-electron chi connectivity index (χ2n) is 3.91. The van der Waals surface area contributed by atoms with Crippen LogP contribution in [-0.4, -0.2) is 12.2 Å². The molecule has 0 saturated heterocycles. The lowest BCUT2D eigenvalue weighted by molar-refractivity contribution is 0.367. The van der Waals surface area contributed by atoms with Crippen molar-refractivity contribution in [3.05, 3.63) is 22.2 Å². The first kappa shape index (κ1) is 13.6. The fourth-order valence-corrected chi connectivity index (χ4v) is 2.17. The minimum absolute atomic E-state index is 0. The number of hydrogen-bond donors (Lipinski definition) is 2. The van der Waals surface area contributed by atoms with Crippen LogP contribution in [0.4, 0.5) is 0 Å². The topological polar surface area (TPSA) is 55.5 Å². The molecule has 1 aromatic rings. The van der Waals surface area contributed by atoms with E-state index in [9.17, 15) is 5.11 Å². The van der Waals surface area contributed by atoms with Crippen molar-refractivity contribution < 1.29 is 9.84 Å². The maximum Gasteiger partial charge on any atom is 0.162 e. The van der Waals surface area contributed by atoms with Crippen molar-refractivity contribution in [2.45, 2.75) is 18.9 Å². The zero-order valence-corrected chi connectivity index (χ0v) is 11.3. The van der Waals surface area contributed by atoms with E-state index in [0.717, 1.165) is 22.9 Å². The number of rotatable bonds is 3. The molecule has 1 saturated carbocycles. The molecule has 90 valence electrons. The lowest BCUT2D eigenvalue weighted by Crippen LogP contribution is -2.12. The summed E-state index contributed by atoms with van der Waals surface area (Å²) in [7, 11) is 1.54. The molecular weight excluding hydrogens is 293 g/mol. The molecule has 0 aliphatic heterocycles. The van der Waals surface area contributed by atoms with Gasteiger partial charge in [-0.05, 0) is 30.9 Å². The van der Waals surface area contributed by atoms with Crippen molar-refractivity contribution >= 4 is 28.3 Å². The number of aromatic hydroxyl groups is 1. The summed E-state index contributed by atoms with van der Waals surface area (Å²) in [6.45, 7) is 0. The molecule has 1 aliphatic rings. The summed E-state index contributed by atoms with van der Waals surface area (Å²) in [6, 6.07) is 3.51. The number of ether oxygens (including phenoxy) is 1. The highest BCUT2D eigenvalue weighted by atomic mass is 79.9. The van der Waals surface area contributed by atoms with Crippen molar-refractivity contribution in [1.82, 2.24) is 0 Å². The standard InChI is InChI=1S/C11H14BrNO2.ClH/c1-15-9-5-7(12)4-8(11(9)14)10(13)6-2-3-6;/h4-6,10,14H,2-3,13H2,1H3;1H/t10-;/m0./s1. The third-order valence-electron chi connectivity index (χ3n) is 2.78. The van der Waals surface area contributed by atoms with Gasteiger partial charge in [0.2, 0.25) is 0 Å². The van der Waals surface area contributed by atoms with Crippen LogP contribution in [0.15, 0.2) is 16.6 Å².